The van der Waals surface area contributed by atoms with Crippen LogP contribution in [0.25, 0.3) is 0 Å². The molecule has 1 amide bonds. The third-order valence-electron chi connectivity index (χ3n) is 5.22. The first-order valence-corrected chi connectivity index (χ1v) is 6.99. The van der Waals surface area contributed by atoms with Crippen molar-refractivity contribution in [2.24, 2.45) is 5.41 Å². The van der Waals surface area contributed by atoms with Crippen LogP contribution in [0, 0.1) is 5.41 Å². The second-order valence-corrected chi connectivity index (χ2v) is 6.42. The fourth-order valence-electron chi connectivity index (χ4n) is 3.07. The number of carbonyl (C=O) groups excluding carboxylic acids is 1. The summed E-state index contributed by atoms with van der Waals surface area (Å²) >= 11 is 0. The van der Waals surface area contributed by atoms with Crippen LogP contribution in [0.3, 0.4) is 0 Å². The first kappa shape index (κ1) is 13.8. The molecule has 2 fully saturated rings. The lowest BCUT2D eigenvalue weighted by Crippen LogP contribution is -2.69. The van der Waals surface area contributed by atoms with Gasteiger partial charge in [0, 0.05) is 18.6 Å². The predicted molar refractivity (Wildman–Crippen MR) is 71.4 cm³/mol. The van der Waals surface area contributed by atoms with Gasteiger partial charge in [0.2, 0.25) is 5.91 Å². The van der Waals surface area contributed by atoms with E-state index in [2.05, 4.69) is 31.4 Å². The van der Waals surface area contributed by atoms with Crippen molar-refractivity contribution in [3.8, 4) is 0 Å². The van der Waals surface area contributed by atoms with Crippen LogP contribution in [0.4, 0.5) is 0 Å². The Balaban J connectivity index is 1.89. The molecule has 2 aliphatic rings. The molecule has 2 N–H and O–H groups in total. The van der Waals surface area contributed by atoms with Gasteiger partial charge in [-0.15, -0.1) is 0 Å². The van der Waals surface area contributed by atoms with Crippen LogP contribution in [-0.2, 0) is 9.53 Å². The smallest absolute Gasteiger partial charge is 0.237 e. The fraction of sp³-hybridized carbons (Fsp3) is 0.929. The Labute approximate surface area is 110 Å². The van der Waals surface area contributed by atoms with Gasteiger partial charge in [-0.05, 0) is 32.7 Å². The van der Waals surface area contributed by atoms with Gasteiger partial charge in [-0.3, -0.25) is 4.79 Å². The van der Waals surface area contributed by atoms with Crippen molar-refractivity contribution in [1.82, 2.24) is 10.6 Å². The number of nitrogens with one attached hydrogen (secondary N) is 2. The number of carbonyl (C=O) groups is 1. The highest BCUT2D eigenvalue weighted by molar-refractivity contribution is 5.82. The van der Waals surface area contributed by atoms with Crippen molar-refractivity contribution in [1.29, 1.82) is 0 Å². The van der Waals surface area contributed by atoms with Crippen molar-refractivity contribution in [3.05, 3.63) is 0 Å². The Morgan fingerprint density at radius 3 is 2.56 bits per heavy atom. The molecule has 0 aromatic heterocycles. The molecule has 0 aromatic rings. The first-order valence-electron chi connectivity index (χ1n) is 6.99. The normalized spacial score (nSPS) is 38.9. The van der Waals surface area contributed by atoms with Gasteiger partial charge in [0.1, 0.15) is 0 Å². The molecule has 18 heavy (non-hydrogen) atoms. The predicted octanol–water partition coefficient (Wildman–Crippen LogP) is 1.45. The van der Waals surface area contributed by atoms with Crippen LogP contribution >= 0.6 is 0 Å². The maximum atomic E-state index is 12.2. The summed E-state index contributed by atoms with van der Waals surface area (Å²) in [6, 6.07) is 0.225. The lowest BCUT2D eigenvalue weighted by Gasteiger charge is -2.59. The molecule has 0 unspecified atom stereocenters. The van der Waals surface area contributed by atoms with E-state index in [1.54, 1.807) is 7.11 Å². The summed E-state index contributed by atoms with van der Waals surface area (Å²) in [6.45, 7) is 7.41. The molecule has 4 heteroatoms. The molecule has 1 saturated heterocycles. The van der Waals surface area contributed by atoms with Gasteiger partial charge >= 0.3 is 0 Å². The van der Waals surface area contributed by atoms with E-state index in [0.717, 1.165) is 25.8 Å². The van der Waals surface area contributed by atoms with Crippen LogP contribution in [-0.4, -0.2) is 37.2 Å². The summed E-state index contributed by atoms with van der Waals surface area (Å²) in [5, 5.41) is 6.48. The van der Waals surface area contributed by atoms with Gasteiger partial charge in [-0.25, -0.2) is 0 Å². The summed E-state index contributed by atoms with van der Waals surface area (Å²) in [6.07, 6.45) is 4.19. The minimum absolute atomic E-state index is 0.00366. The van der Waals surface area contributed by atoms with E-state index >= 15 is 0 Å². The Kier molecular flexibility index (Phi) is 3.70. The van der Waals surface area contributed by atoms with Crippen molar-refractivity contribution in [3.63, 3.8) is 0 Å². The largest absolute Gasteiger partial charge is 0.378 e. The number of hydrogen-bond donors (Lipinski definition) is 2. The molecule has 104 valence electrons. The zero-order valence-electron chi connectivity index (χ0n) is 12.0. The number of rotatable bonds is 3. The van der Waals surface area contributed by atoms with Gasteiger partial charge in [0.15, 0.2) is 0 Å². The van der Waals surface area contributed by atoms with E-state index in [1.807, 2.05) is 0 Å². The van der Waals surface area contributed by atoms with Gasteiger partial charge in [0.25, 0.3) is 0 Å². The Morgan fingerprint density at radius 1 is 1.33 bits per heavy atom. The lowest BCUT2D eigenvalue weighted by atomic mass is 9.55. The highest BCUT2D eigenvalue weighted by Gasteiger charge is 2.58. The number of methoxy groups -OCH3 is 1. The monoisotopic (exact) mass is 254 g/mol. The maximum absolute atomic E-state index is 12.2. The van der Waals surface area contributed by atoms with E-state index < -0.39 is 0 Å². The molecular formula is C14H26N2O2. The second kappa shape index (κ2) is 4.82. The standard InChI is InChI=1S/C14H26N2O2/c1-13(2)11(9-14(13,3)18-4)16-12(17)10-7-5-6-8-15-10/h10-11,15H,5-9H2,1-4H3,(H,16,17)/t10-,11+,14+/m0/s1. The minimum Gasteiger partial charge on any atom is -0.378 e. The molecular weight excluding hydrogens is 228 g/mol. The van der Waals surface area contributed by atoms with E-state index in [9.17, 15) is 4.79 Å². The molecule has 4 nitrogen and oxygen atoms in total. The van der Waals surface area contributed by atoms with E-state index in [1.165, 1.54) is 6.42 Å². The second-order valence-electron chi connectivity index (χ2n) is 6.42. The van der Waals surface area contributed by atoms with E-state index in [0.29, 0.717) is 0 Å². The molecule has 1 aliphatic heterocycles. The average Bonchev–Trinajstić information content (AvgIpc) is 2.38. The highest BCUT2D eigenvalue weighted by Crippen LogP contribution is 2.51. The van der Waals surface area contributed by atoms with Crippen LogP contribution < -0.4 is 10.6 Å². The quantitative estimate of drug-likeness (QED) is 0.801. The van der Waals surface area contributed by atoms with Crippen molar-refractivity contribution in [2.45, 2.75) is 64.1 Å². The molecule has 2 rings (SSSR count). The summed E-state index contributed by atoms with van der Waals surface area (Å²) < 4.78 is 5.58. The Hall–Kier alpha value is -0.610. The molecule has 0 aromatic carbocycles. The molecule has 1 aliphatic carbocycles. The summed E-state index contributed by atoms with van der Waals surface area (Å²) in [4.78, 5) is 12.2. The van der Waals surface area contributed by atoms with Crippen LogP contribution in [0.2, 0.25) is 0 Å². The van der Waals surface area contributed by atoms with Gasteiger partial charge in [0.05, 0.1) is 11.6 Å². The van der Waals surface area contributed by atoms with Crippen LogP contribution in [0.5, 0.6) is 0 Å². The maximum Gasteiger partial charge on any atom is 0.237 e. The van der Waals surface area contributed by atoms with Gasteiger partial charge < -0.3 is 15.4 Å². The molecule has 1 saturated carbocycles. The van der Waals surface area contributed by atoms with Crippen LogP contribution in [0.15, 0.2) is 0 Å². The number of ether oxygens (including phenoxy) is 1. The fourth-order valence-corrected chi connectivity index (χ4v) is 3.07. The summed E-state index contributed by atoms with van der Waals surface area (Å²) in [7, 11) is 1.75. The van der Waals surface area contributed by atoms with Crippen molar-refractivity contribution in [2.75, 3.05) is 13.7 Å². The Bertz CT molecular complexity index is 324. The molecule has 3 atom stereocenters. The number of hydrogen-bond acceptors (Lipinski definition) is 3. The minimum atomic E-state index is -0.120. The summed E-state index contributed by atoms with van der Waals surface area (Å²) in [5.74, 6) is 0.158. The zero-order valence-corrected chi connectivity index (χ0v) is 12.0. The highest BCUT2D eigenvalue weighted by atomic mass is 16.5. The third-order valence-corrected chi connectivity index (χ3v) is 5.22. The van der Waals surface area contributed by atoms with Crippen molar-refractivity contribution >= 4 is 5.91 Å². The van der Waals surface area contributed by atoms with E-state index in [-0.39, 0.29) is 29.0 Å². The third kappa shape index (κ3) is 2.16. The lowest BCUT2D eigenvalue weighted by molar-refractivity contribution is -0.183. The summed E-state index contributed by atoms with van der Waals surface area (Å²) in [5.41, 5.74) is -0.128. The first-order chi connectivity index (χ1) is 8.40. The topological polar surface area (TPSA) is 50.4 Å². The SMILES string of the molecule is CO[C@]1(C)C[C@@H](NC(=O)[C@@H]2CCCCN2)C1(C)C. The zero-order chi connectivity index (χ0) is 13.4. The van der Waals surface area contributed by atoms with Crippen molar-refractivity contribution < 1.29 is 9.53 Å². The molecule has 0 spiro atoms. The molecule has 0 radical (unpaired) electrons. The number of piperidine rings is 1. The van der Waals surface area contributed by atoms with Gasteiger partial charge in [-0.2, -0.15) is 0 Å². The van der Waals surface area contributed by atoms with Crippen LogP contribution in [0.1, 0.15) is 46.5 Å². The Morgan fingerprint density at radius 2 is 2.06 bits per heavy atom. The van der Waals surface area contributed by atoms with Gasteiger partial charge in [-0.1, -0.05) is 20.3 Å². The average molecular weight is 254 g/mol. The van der Waals surface area contributed by atoms with E-state index in [4.69, 9.17) is 4.74 Å². The number of amides is 1. The molecule has 1 heterocycles. The molecule has 0 bridgehead atoms.